The molecule has 31 heavy (non-hydrogen) atoms. The molecule has 4 amide bonds. The number of nitrogens with zero attached hydrogens (tertiary/aromatic N) is 3. The van der Waals surface area contributed by atoms with E-state index in [1.54, 1.807) is 0 Å². The van der Waals surface area contributed by atoms with Crippen molar-refractivity contribution in [3.63, 3.8) is 0 Å². The van der Waals surface area contributed by atoms with Gasteiger partial charge in [-0.05, 0) is 25.8 Å². The van der Waals surface area contributed by atoms with Crippen LogP contribution in [0.2, 0.25) is 0 Å². The molecule has 1 saturated carbocycles. The van der Waals surface area contributed by atoms with Crippen LogP contribution in [0.25, 0.3) is 0 Å². The number of amides is 4. The lowest BCUT2D eigenvalue weighted by molar-refractivity contribution is -0.787. The number of carbonyl (C=O) groups is 4. The molecule has 3 fully saturated rings. The lowest BCUT2D eigenvalue weighted by atomic mass is 9.91. The van der Waals surface area contributed by atoms with Crippen molar-refractivity contribution in [2.24, 2.45) is 17.6 Å². The molecule has 3 rings (SSSR count). The third kappa shape index (κ3) is 5.07. The van der Waals surface area contributed by atoms with Gasteiger partial charge in [0.2, 0.25) is 6.41 Å². The molecule has 0 aromatic heterocycles. The highest BCUT2D eigenvalue weighted by atomic mass is 16.6. The predicted molar refractivity (Wildman–Crippen MR) is 109 cm³/mol. The van der Waals surface area contributed by atoms with Crippen molar-refractivity contribution in [1.29, 1.82) is 0 Å². The summed E-state index contributed by atoms with van der Waals surface area (Å²) in [5.74, 6) is -1.69. The quantitative estimate of drug-likeness (QED) is 0.248. The molecule has 2 aliphatic heterocycles. The third-order valence-corrected chi connectivity index (χ3v) is 7.15. The second-order valence-corrected chi connectivity index (χ2v) is 9.36. The molecule has 0 aromatic carbocycles. The van der Waals surface area contributed by atoms with Gasteiger partial charge in [0.1, 0.15) is 6.10 Å². The third-order valence-electron chi connectivity index (χ3n) is 7.15. The van der Waals surface area contributed by atoms with Gasteiger partial charge in [-0.2, -0.15) is 4.79 Å². The summed E-state index contributed by atoms with van der Waals surface area (Å²) in [6.07, 6.45) is 5.19. The number of ether oxygens (including phenoxy) is 1. The van der Waals surface area contributed by atoms with Gasteiger partial charge in [0, 0.05) is 25.9 Å². The second-order valence-electron chi connectivity index (χ2n) is 9.36. The summed E-state index contributed by atoms with van der Waals surface area (Å²) in [5, 5.41) is 10.3. The zero-order valence-corrected chi connectivity index (χ0v) is 18.3. The maximum atomic E-state index is 13.9. The monoisotopic (exact) mass is 439 g/mol. The number of likely N-dealkylation sites (N-methyl/N-ethyl adjacent to an activating group) is 1. The first-order chi connectivity index (χ1) is 14.8. The summed E-state index contributed by atoms with van der Waals surface area (Å²) in [6, 6.07) is -0.992. The molecule has 10 heteroatoms. The predicted octanol–water partition coefficient (Wildman–Crippen LogP) is 0.862. The van der Waals surface area contributed by atoms with Crippen molar-refractivity contribution in [2.75, 3.05) is 33.2 Å². The number of primary amides is 1. The lowest BCUT2D eigenvalue weighted by Gasteiger charge is -2.36. The first-order valence-electron chi connectivity index (χ1n) is 11.3. The fourth-order valence-corrected chi connectivity index (χ4v) is 5.57. The van der Waals surface area contributed by atoms with E-state index in [4.69, 9.17) is 10.5 Å². The van der Waals surface area contributed by atoms with Crippen molar-refractivity contribution in [3.8, 4) is 0 Å². The largest absolute Gasteiger partial charge is 0.524 e. The second kappa shape index (κ2) is 10.1. The molecule has 0 radical (unpaired) electrons. The Bertz CT molecular complexity index is 697. The smallest absolute Gasteiger partial charge is 0.415 e. The molecule has 3 aliphatic rings. The van der Waals surface area contributed by atoms with Gasteiger partial charge in [-0.25, -0.2) is 9.86 Å². The van der Waals surface area contributed by atoms with E-state index in [1.165, 1.54) is 0 Å². The molecule has 4 atom stereocenters. The number of imide groups is 1. The van der Waals surface area contributed by atoms with Crippen molar-refractivity contribution in [2.45, 2.75) is 63.5 Å². The van der Waals surface area contributed by atoms with Gasteiger partial charge in [-0.15, -0.1) is 4.48 Å². The molecule has 0 bridgehead atoms. The molecule has 174 valence electrons. The molecule has 2 heterocycles. The summed E-state index contributed by atoms with van der Waals surface area (Å²) in [4.78, 5) is 52.7. The number of likely N-dealkylation sites (tertiary alicyclic amines) is 2. The van der Waals surface area contributed by atoms with Crippen LogP contribution in [-0.2, 0) is 19.1 Å². The average Bonchev–Trinajstić information content (AvgIpc) is 3.48. The number of hydrogen-bond acceptors (Lipinski definition) is 7. The fraction of sp³-hybridized carbons (Fsp3) is 0.810. The van der Waals surface area contributed by atoms with E-state index in [9.17, 15) is 24.4 Å². The fourth-order valence-electron chi connectivity index (χ4n) is 5.57. The average molecular weight is 440 g/mol. The topological polar surface area (TPSA) is 130 Å². The van der Waals surface area contributed by atoms with Crippen LogP contribution in [-0.4, -0.2) is 89.3 Å². The Balaban J connectivity index is 1.89. The van der Waals surface area contributed by atoms with Crippen LogP contribution in [0.5, 0.6) is 0 Å². The minimum atomic E-state index is -0.992. The molecule has 10 nitrogen and oxygen atoms in total. The number of nitrogens with two attached hydrogens (primary N) is 1. The number of hydroxylamine groups is 2. The van der Waals surface area contributed by atoms with Crippen molar-refractivity contribution in [3.05, 3.63) is 0 Å². The number of carbonyl (C=O) groups excluding carboxylic acids is 4. The Hall–Kier alpha value is -2.04. The molecule has 2 unspecified atom stereocenters. The van der Waals surface area contributed by atoms with Crippen molar-refractivity contribution in [1.82, 2.24) is 9.96 Å². The zero-order valence-electron chi connectivity index (χ0n) is 18.3. The molecule has 2 saturated heterocycles. The van der Waals surface area contributed by atoms with Crippen LogP contribution in [0.3, 0.4) is 0 Å². The van der Waals surface area contributed by atoms with Gasteiger partial charge in [0.05, 0.1) is 19.0 Å². The summed E-state index contributed by atoms with van der Waals surface area (Å²) in [5.41, 5.74) is 5.63. The van der Waals surface area contributed by atoms with Crippen LogP contribution in [0.1, 0.15) is 51.4 Å². The Morgan fingerprint density at radius 1 is 1.23 bits per heavy atom. The van der Waals surface area contributed by atoms with Crippen LogP contribution < -0.4 is 5.73 Å². The Kier molecular flexibility index (Phi) is 7.66. The normalized spacial score (nSPS) is 30.3. The van der Waals surface area contributed by atoms with Crippen molar-refractivity contribution < 1.29 is 33.6 Å². The SMILES string of the molecule is CN1CCC(OC(=O)[N+]2(C(=O)[C@H](CC3CCCC3)CN(O)C=O)CCC[C@H]2C(N)=O)C1. The molecule has 0 aromatic rings. The van der Waals surface area contributed by atoms with Crippen LogP contribution in [0.4, 0.5) is 4.79 Å². The molecular weight excluding hydrogens is 404 g/mol. The Morgan fingerprint density at radius 3 is 2.52 bits per heavy atom. The molecule has 1 aliphatic carbocycles. The van der Waals surface area contributed by atoms with Gasteiger partial charge in [-0.3, -0.25) is 14.8 Å². The maximum Gasteiger partial charge on any atom is 0.524 e. The van der Waals surface area contributed by atoms with E-state index in [0.717, 1.165) is 32.2 Å². The lowest BCUT2D eigenvalue weighted by Crippen LogP contribution is -2.66. The standard InChI is InChI=1S/C21H34N4O6/c1-23-9-8-17(13-23)31-21(29)25(10-4-7-18(25)19(22)27)20(28)16(12-24(30)14-26)11-15-5-2-3-6-15/h14-18,30H,2-13H2,1H3,(H-,22,27)/p+1/t16-,17?,18+,25?/m1/s1. The van der Waals surface area contributed by atoms with Gasteiger partial charge in [0.15, 0.2) is 6.04 Å². The van der Waals surface area contributed by atoms with E-state index in [1.807, 2.05) is 11.9 Å². The van der Waals surface area contributed by atoms with E-state index >= 15 is 0 Å². The minimum Gasteiger partial charge on any atom is -0.415 e. The first kappa shape index (κ1) is 23.6. The van der Waals surface area contributed by atoms with Crippen LogP contribution in [0, 0.1) is 11.8 Å². The van der Waals surface area contributed by atoms with E-state index in [2.05, 4.69) is 0 Å². The maximum absolute atomic E-state index is 13.9. The van der Waals surface area contributed by atoms with Gasteiger partial charge >= 0.3 is 12.0 Å². The Labute approximate surface area is 182 Å². The highest BCUT2D eigenvalue weighted by Crippen LogP contribution is 2.36. The van der Waals surface area contributed by atoms with Crippen LogP contribution in [0.15, 0.2) is 0 Å². The zero-order chi connectivity index (χ0) is 22.6. The molecular formula is C21H35N4O6+. The summed E-state index contributed by atoms with van der Waals surface area (Å²) in [6.45, 7) is 1.28. The van der Waals surface area contributed by atoms with Gasteiger partial charge in [-0.1, -0.05) is 25.7 Å². The number of quaternary nitrogens is 1. The first-order valence-corrected chi connectivity index (χ1v) is 11.3. The summed E-state index contributed by atoms with van der Waals surface area (Å²) < 4.78 is 4.98. The van der Waals surface area contributed by atoms with Gasteiger partial charge in [0.25, 0.3) is 5.91 Å². The van der Waals surface area contributed by atoms with E-state index in [-0.39, 0.29) is 31.5 Å². The van der Waals surface area contributed by atoms with Crippen molar-refractivity contribution >= 4 is 24.3 Å². The molecule has 0 spiro atoms. The van der Waals surface area contributed by atoms with Crippen LogP contribution >= 0.6 is 0 Å². The van der Waals surface area contributed by atoms with Gasteiger partial charge < -0.3 is 15.4 Å². The highest BCUT2D eigenvalue weighted by molar-refractivity contribution is 5.90. The number of rotatable bonds is 8. The minimum absolute atomic E-state index is 0.140. The van der Waals surface area contributed by atoms with E-state index in [0.29, 0.717) is 37.3 Å². The Morgan fingerprint density at radius 2 is 1.94 bits per heavy atom. The highest BCUT2D eigenvalue weighted by Gasteiger charge is 2.60. The molecule has 3 N–H and O–H groups in total. The van der Waals surface area contributed by atoms with E-state index < -0.39 is 34.4 Å². The summed E-state index contributed by atoms with van der Waals surface area (Å²) in [7, 11) is 1.93. The number of hydrogen-bond donors (Lipinski definition) is 2. The summed E-state index contributed by atoms with van der Waals surface area (Å²) >= 11 is 0.